The molecule has 0 bridgehead atoms. The van der Waals surface area contributed by atoms with Crippen LogP contribution in [-0.4, -0.2) is 41.9 Å². The Balaban J connectivity index is 1.96. The normalized spacial score (nSPS) is 18.0. The van der Waals surface area contributed by atoms with E-state index < -0.39 is 12.0 Å². The molecule has 0 spiro atoms. The molecule has 0 saturated carbocycles. The Labute approximate surface area is 133 Å². The van der Waals surface area contributed by atoms with E-state index in [1.54, 1.807) is 43.0 Å². The fourth-order valence-corrected chi connectivity index (χ4v) is 2.92. The number of esters is 1. The molecule has 1 fully saturated rings. The number of nitrogens with one attached hydrogen (secondary N) is 2. The van der Waals surface area contributed by atoms with Crippen molar-refractivity contribution in [3.8, 4) is 0 Å². The van der Waals surface area contributed by atoms with Crippen molar-refractivity contribution in [3.63, 3.8) is 0 Å². The third-order valence-electron chi connectivity index (χ3n) is 3.07. The van der Waals surface area contributed by atoms with Crippen LogP contribution in [0.1, 0.15) is 23.7 Å². The van der Waals surface area contributed by atoms with Crippen LogP contribution in [0.3, 0.4) is 0 Å². The van der Waals surface area contributed by atoms with E-state index in [-0.39, 0.29) is 11.8 Å². The van der Waals surface area contributed by atoms with Gasteiger partial charge in [-0.05, 0) is 31.2 Å². The van der Waals surface area contributed by atoms with Crippen molar-refractivity contribution in [2.24, 2.45) is 0 Å². The highest BCUT2D eigenvalue weighted by atomic mass is 32.2. The van der Waals surface area contributed by atoms with Gasteiger partial charge in [-0.25, -0.2) is 4.79 Å². The van der Waals surface area contributed by atoms with Gasteiger partial charge < -0.3 is 15.4 Å². The first kappa shape index (κ1) is 16.4. The van der Waals surface area contributed by atoms with Gasteiger partial charge in [-0.3, -0.25) is 9.59 Å². The third-order valence-corrected chi connectivity index (χ3v) is 4.14. The van der Waals surface area contributed by atoms with Crippen molar-refractivity contribution in [1.82, 2.24) is 5.32 Å². The van der Waals surface area contributed by atoms with Crippen LogP contribution in [0.15, 0.2) is 24.3 Å². The lowest BCUT2D eigenvalue weighted by Crippen LogP contribution is -2.44. The minimum absolute atomic E-state index is 0.109. The topological polar surface area (TPSA) is 84.5 Å². The minimum atomic E-state index is -0.537. The van der Waals surface area contributed by atoms with Crippen LogP contribution < -0.4 is 10.6 Å². The summed E-state index contributed by atoms with van der Waals surface area (Å²) in [6.45, 7) is 2.06. The van der Waals surface area contributed by atoms with Gasteiger partial charge >= 0.3 is 5.97 Å². The summed E-state index contributed by atoms with van der Waals surface area (Å²) in [6, 6.07) is 5.91. The number of carbonyl (C=O) groups excluding carboxylic acids is 3. The quantitative estimate of drug-likeness (QED) is 0.819. The van der Waals surface area contributed by atoms with Gasteiger partial charge in [-0.15, -0.1) is 0 Å². The molecule has 1 aromatic rings. The molecule has 1 heterocycles. The predicted molar refractivity (Wildman–Crippen MR) is 84.9 cm³/mol. The fourth-order valence-electron chi connectivity index (χ4n) is 1.95. The van der Waals surface area contributed by atoms with Crippen molar-refractivity contribution in [1.29, 1.82) is 0 Å². The van der Waals surface area contributed by atoms with Gasteiger partial charge in [-0.2, -0.15) is 11.8 Å². The second kappa shape index (κ2) is 7.84. The first-order valence-electron chi connectivity index (χ1n) is 7.05. The van der Waals surface area contributed by atoms with Crippen molar-refractivity contribution < 1.29 is 19.1 Å². The zero-order valence-electron chi connectivity index (χ0n) is 12.3. The number of hydrogen-bond acceptors (Lipinski definition) is 5. The largest absolute Gasteiger partial charge is 0.462 e. The molecule has 1 aliphatic heterocycles. The van der Waals surface area contributed by atoms with E-state index in [4.69, 9.17) is 4.74 Å². The Morgan fingerprint density at radius 1 is 1.36 bits per heavy atom. The summed E-state index contributed by atoms with van der Waals surface area (Å²) in [6.07, 6.45) is 0.433. The van der Waals surface area contributed by atoms with Gasteiger partial charge in [0.05, 0.1) is 12.2 Å². The molecule has 1 aliphatic rings. The van der Waals surface area contributed by atoms with E-state index in [0.29, 0.717) is 30.0 Å². The van der Waals surface area contributed by atoms with E-state index >= 15 is 0 Å². The number of anilines is 1. The Hall–Kier alpha value is -2.02. The lowest BCUT2D eigenvalue weighted by Gasteiger charge is -2.15. The molecule has 0 radical (unpaired) electrons. The highest BCUT2D eigenvalue weighted by molar-refractivity contribution is 7.99. The first-order valence-corrected chi connectivity index (χ1v) is 8.20. The molecular formula is C15H18N2O4S. The van der Waals surface area contributed by atoms with Gasteiger partial charge in [0.2, 0.25) is 11.8 Å². The predicted octanol–water partition coefficient (Wildman–Crippen LogP) is 1.42. The monoisotopic (exact) mass is 322 g/mol. The average molecular weight is 322 g/mol. The second-order valence-electron chi connectivity index (χ2n) is 4.73. The maximum atomic E-state index is 12.2. The van der Waals surface area contributed by atoms with Crippen molar-refractivity contribution in [2.75, 3.05) is 23.4 Å². The number of rotatable bonds is 4. The number of hydrogen-bond donors (Lipinski definition) is 2. The zero-order valence-corrected chi connectivity index (χ0v) is 13.1. The molecule has 22 heavy (non-hydrogen) atoms. The summed E-state index contributed by atoms with van der Waals surface area (Å²) < 4.78 is 4.89. The number of ether oxygens (including phenoxy) is 1. The van der Waals surface area contributed by atoms with Crippen molar-refractivity contribution in [3.05, 3.63) is 29.8 Å². The zero-order chi connectivity index (χ0) is 15.9. The molecule has 1 aromatic carbocycles. The number of benzene rings is 1. The van der Waals surface area contributed by atoms with Crippen LogP contribution in [0, 0.1) is 0 Å². The molecule has 118 valence electrons. The summed E-state index contributed by atoms with van der Waals surface area (Å²) in [5, 5.41) is 5.44. The van der Waals surface area contributed by atoms with E-state index in [0.717, 1.165) is 5.75 Å². The third kappa shape index (κ3) is 4.49. The molecule has 0 aromatic heterocycles. The molecule has 2 amide bonds. The van der Waals surface area contributed by atoms with Gasteiger partial charge in [0.15, 0.2) is 0 Å². The summed E-state index contributed by atoms with van der Waals surface area (Å²) in [7, 11) is 0. The minimum Gasteiger partial charge on any atom is -0.462 e. The molecule has 2 rings (SSSR count). The van der Waals surface area contributed by atoms with Gasteiger partial charge in [0.25, 0.3) is 0 Å². The summed E-state index contributed by atoms with van der Waals surface area (Å²) in [5.41, 5.74) is 1.000. The summed E-state index contributed by atoms with van der Waals surface area (Å²) >= 11 is 1.57. The van der Waals surface area contributed by atoms with Crippen molar-refractivity contribution in [2.45, 2.75) is 19.4 Å². The lowest BCUT2D eigenvalue weighted by atomic mass is 10.2. The van der Waals surface area contributed by atoms with Crippen LogP contribution in [0.2, 0.25) is 0 Å². The van der Waals surface area contributed by atoms with Gasteiger partial charge in [0.1, 0.15) is 6.04 Å². The highest BCUT2D eigenvalue weighted by Crippen LogP contribution is 2.14. The standard InChI is InChI=1S/C15H18N2O4S/c1-2-21-15(20)10-3-5-11(6-4-10)16-14(19)12-9-22-8-7-13(18)17-12/h3-6,12H,2,7-9H2,1H3,(H,16,19)(H,17,18)/t12-/m1/s1. The van der Waals surface area contributed by atoms with Crippen LogP contribution >= 0.6 is 11.8 Å². The maximum absolute atomic E-state index is 12.2. The molecule has 2 N–H and O–H groups in total. The Morgan fingerprint density at radius 3 is 2.77 bits per heavy atom. The van der Waals surface area contributed by atoms with Crippen LogP contribution in [0.5, 0.6) is 0 Å². The molecule has 0 unspecified atom stereocenters. The molecule has 1 atom stereocenters. The smallest absolute Gasteiger partial charge is 0.338 e. The lowest BCUT2D eigenvalue weighted by molar-refractivity contribution is -0.125. The molecule has 0 aliphatic carbocycles. The Kier molecular flexibility index (Phi) is 5.83. The average Bonchev–Trinajstić information content (AvgIpc) is 2.73. The van der Waals surface area contributed by atoms with E-state index in [1.807, 2.05) is 0 Å². The second-order valence-corrected chi connectivity index (χ2v) is 5.88. The Bertz CT molecular complexity index is 559. The number of amides is 2. The SMILES string of the molecule is CCOC(=O)c1ccc(NC(=O)[C@H]2CSCCC(=O)N2)cc1. The number of carbonyl (C=O) groups is 3. The van der Waals surface area contributed by atoms with E-state index in [9.17, 15) is 14.4 Å². The molecule has 1 saturated heterocycles. The fraction of sp³-hybridized carbons (Fsp3) is 0.400. The van der Waals surface area contributed by atoms with Crippen LogP contribution in [0.25, 0.3) is 0 Å². The van der Waals surface area contributed by atoms with E-state index in [1.165, 1.54) is 0 Å². The van der Waals surface area contributed by atoms with Gasteiger partial charge in [0, 0.05) is 23.6 Å². The Morgan fingerprint density at radius 2 is 2.09 bits per heavy atom. The highest BCUT2D eigenvalue weighted by Gasteiger charge is 2.23. The molecule has 6 nitrogen and oxygen atoms in total. The maximum Gasteiger partial charge on any atom is 0.338 e. The first-order chi connectivity index (χ1) is 10.6. The molecular weight excluding hydrogens is 304 g/mol. The van der Waals surface area contributed by atoms with Gasteiger partial charge in [-0.1, -0.05) is 0 Å². The summed E-state index contributed by atoms with van der Waals surface area (Å²) in [5.74, 6) is 0.518. The summed E-state index contributed by atoms with van der Waals surface area (Å²) in [4.78, 5) is 35.2. The van der Waals surface area contributed by atoms with Crippen molar-refractivity contribution >= 4 is 35.2 Å². The number of thioether (sulfide) groups is 1. The van der Waals surface area contributed by atoms with Crippen LogP contribution in [-0.2, 0) is 14.3 Å². The van der Waals surface area contributed by atoms with E-state index in [2.05, 4.69) is 10.6 Å². The van der Waals surface area contributed by atoms with Crippen LogP contribution in [0.4, 0.5) is 5.69 Å². The molecule has 7 heteroatoms.